The normalized spacial score (nSPS) is 26.9. The van der Waals surface area contributed by atoms with Crippen molar-refractivity contribution in [1.29, 1.82) is 0 Å². The molecule has 2 aromatic carbocycles. The molecule has 1 saturated carbocycles. The molecule has 1 saturated heterocycles. The van der Waals surface area contributed by atoms with Gasteiger partial charge in [0.05, 0.1) is 23.1 Å². The molecule has 5 heteroatoms. The molecule has 29 heavy (non-hydrogen) atoms. The van der Waals surface area contributed by atoms with Gasteiger partial charge < -0.3 is 4.74 Å². The van der Waals surface area contributed by atoms with Crippen LogP contribution in [0.15, 0.2) is 54.6 Å². The van der Waals surface area contributed by atoms with Crippen molar-refractivity contribution >= 4 is 23.5 Å². The highest BCUT2D eigenvalue weighted by Gasteiger charge is 2.59. The quantitative estimate of drug-likeness (QED) is 0.347. The first-order chi connectivity index (χ1) is 13.9. The molecule has 0 N–H and O–H groups in total. The minimum atomic E-state index is -0.474. The molecule has 1 heterocycles. The highest BCUT2D eigenvalue weighted by molar-refractivity contribution is 6.22. The Morgan fingerprint density at radius 3 is 2.10 bits per heavy atom. The number of amides is 2. The number of rotatable bonds is 3. The Morgan fingerprint density at radius 1 is 0.897 bits per heavy atom. The molecule has 5 rings (SSSR count). The molecular formula is C24H21NO4. The fraction of sp³-hybridized carbons (Fsp3) is 0.292. The fourth-order valence-electron chi connectivity index (χ4n) is 4.85. The van der Waals surface area contributed by atoms with Crippen molar-refractivity contribution < 1.29 is 19.1 Å². The van der Waals surface area contributed by atoms with E-state index in [-0.39, 0.29) is 35.5 Å². The molecule has 146 valence electrons. The molecule has 2 aliphatic carbocycles. The summed E-state index contributed by atoms with van der Waals surface area (Å²) >= 11 is 0. The first-order valence-corrected chi connectivity index (χ1v) is 9.89. The number of carbonyl (C=O) groups is 3. The monoisotopic (exact) mass is 387 g/mol. The van der Waals surface area contributed by atoms with Crippen LogP contribution < -0.4 is 9.64 Å². The zero-order valence-corrected chi connectivity index (χ0v) is 16.3. The first kappa shape index (κ1) is 17.9. The summed E-state index contributed by atoms with van der Waals surface area (Å²) in [6, 6.07) is 12.0. The number of nitrogens with zero attached hydrogens (tertiary/aromatic N) is 1. The van der Waals surface area contributed by atoms with Gasteiger partial charge in [-0.3, -0.25) is 14.5 Å². The predicted molar refractivity (Wildman–Crippen MR) is 108 cm³/mol. The van der Waals surface area contributed by atoms with Crippen LogP contribution in [0.3, 0.4) is 0 Å². The summed E-state index contributed by atoms with van der Waals surface area (Å²) in [5.74, 6) is -0.332. The summed E-state index contributed by atoms with van der Waals surface area (Å²) < 4.78 is 5.45. The van der Waals surface area contributed by atoms with Gasteiger partial charge in [0.1, 0.15) is 5.75 Å². The van der Waals surface area contributed by atoms with Crippen LogP contribution in [-0.2, 0) is 9.59 Å². The number of aryl methyl sites for hydroxylation is 2. The molecule has 0 unspecified atom stereocenters. The average molecular weight is 387 g/mol. The number of hydrogen-bond donors (Lipinski definition) is 0. The van der Waals surface area contributed by atoms with Crippen LogP contribution in [0.4, 0.5) is 5.69 Å². The number of fused-ring (bicyclic) bond motifs is 5. The van der Waals surface area contributed by atoms with E-state index in [1.54, 1.807) is 30.3 Å². The van der Waals surface area contributed by atoms with Crippen LogP contribution in [-0.4, -0.2) is 17.8 Å². The van der Waals surface area contributed by atoms with Crippen molar-refractivity contribution in [2.75, 3.05) is 4.90 Å². The Morgan fingerprint density at radius 2 is 1.52 bits per heavy atom. The van der Waals surface area contributed by atoms with Gasteiger partial charge in [0.2, 0.25) is 11.8 Å². The molecule has 2 bridgehead atoms. The summed E-state index contributed by atoms with van der Waals surface area (Å²) in [5, 5.41) is 0. The van der Waals surface area contributed by atoms with Gasteiger partial charge >= 0.3 is 5.97 Å². The summed E-state index contributed by atoms with van der Waals surface area (Å²) in [6.07, 6.45) is 5.06. The van der Waals surface area contributed by atoms with Crippen LogP contribution in [0.25, 0.3) is 0 Å². The standard InChI is InChI=1S/C24H21NO4/c1-13-3-10-19(11-14(13)2)29-24(28)15-6-8-18(9-7-15)25-22(26)20-16-4-5-17(12-16)21(20)23(25)27/h3-11,16-17,20-21H,12H2,1-2H3/t16-,17-,20-,21-/m0/s1. The lowest BCUT2D eigenvalue weighted by Gasteiger charge is -2.17. The molecule has 2 aromatic rings. The third-order valence-electron chi connectivity index (χ3n) is 6.52. The van der Waals surface area contributed by atoms with E-state index in [9.17, 15) is 14.4 Å². The Balaban J connectivity index is 1.34. The number of allylic oxidation sites excluding steroid dienone is 2. The van der Waals surface area contributed by atoms with Crippen LogP contribution in [0, 0.1) is 37.5 Å². The van der Waals surface area contributed by atoms with Gasteiger partial charge in [-0.15, -0.1) is 0 Å². The zero-order chi connectivity index (χ0) is 20.3. The second-order valence-electron chi connectivity index (χ2n) is 8.19. The SMILES string of the molecule is Cc1ccc(OC(=O)c2ccc(N3C(=O)[C@@H]4[C@@H](C3=O)[C@H]3C=C[C@H]4C3)cc2)cc1C. The van der Waals surface area contributed by atoms with Crippen LogP contribution >= 0.6 is 0 Å². The van der Waals surface area contributed by atoms with Gasteiger partial charge in [0, 0.05) is 0 Å². The molecule has 4 atom stereocenters. The van der Waals surface area contributed by atoms with E-state index in [0.717, 1.165) is 17.5 Å². The van der Waals surface area contributed by atoms with Crippen LogP contribution in [0.1, 0.15) is 27.9 Å². The lowest BCUT2D eigenvalue weighted by Crippen LogP contribution is -2.32. The maximum absolute atomic E-state index is 12.9. The molecule has 2 amide bonds. The number of benzene rings is 2. The lowest BCUT2D eigenvalue weighted by molar-refractivity contribution is -0.123. The van der Waals surface area contributed by atoms with Crippen LogP contribution in [0.2, 0.25) is 0 Å². The molecular weight excluding hydrogens is 366 g/mol. The molecule has 2 fully saturated rings. The lowest BCUT2D eigenvalue weighted by atomic mass is 9.85. The van der Waals surface area contributed by atoms with Crippen molar-refractivity contribution in [3.8, 4) is 5.75 Å². The Labute approximate surface area is 169 Å². The average Bonchev–Trinajstić information content (AvgIpc) is 3.39. The molecule has 0 aromatic heterocycles. The van der Waals surface area contributed by atoms with E-state index in [1.165, 1.54) is 4.90 Å². The zero-order valence-electron chi connectivity index (χ0n) is 16.3. The van der Waals surface area contributed by atoms with E-state index in [1.807, 2.05) is 26.0 Å². The molecule has 1 aliphatic heterocycles. The second kappa shape index (κ2) is 6.41. The van der Waals surface area contributed by atoms with Crippen molar-refractivity contribution in [1.82, 2.24) is 0 Å². The minimum absolute atomic E-state index is 0.123. The maximum atomic E-state index is 12.9. The highest BCUT2D eigenvalue weighted by Crippen LogP contribution is 2.53. The topological polar surface area (TPSA) is 63.7 Å². The maximum Gasteiger partial charge on any atom is 0.343 e. The van der Waals surface area contributed by atoms with E-state index in [2.05, 4.69) is 12.2 Å². The Bertz CT molecular complexity index is 1040. The smallest absolute Gasteiger partial charge is 0.343 e. The Hall–Kier alpha value is -3.21. The van der Waals surface area contributed by atoms with Crippen molar-refractivity contribution in [2.24, 2.45) is 23.7 Å². The van der Waals surface area contributed by atoms with Gasteiger partial charge in [0.15, 0.2) is 0 Å². The third kappa shape index (κ3) is 2.72. The predicted octanol–water partition coefficient (Wildman–Crippen LogP) is 3.83. The summed E-state index contributed by atoms with van der Waals surface area (Å²) in [7, 11) is 0. The molecule has 0 radical (unpaired) electrons. The summed E-state index contributed by atoms with van der Waals surface area (Å²) in [5.41, 5.74) is 3.05. The first-order valence-electron chi connectivity index (χ1n) is 9.89. The second-order valence-corrected chi connectivity index (χ2v) is 8.19. The highest BCUT2D eigenvalue weighted by atomic mass is 16.5. The number of ether oxygens (including phenoxy) is 1. The number of esters is 1. The Kier molecular flexibility index (Phi) is 3.95. The molecule has 0 spiro atoms. The van der Waals surface area contributed by atoms with E-state index in [0.29, 0.717) is 17.0 Å². The van der Waals surface area contributed by atoms with Crippen molar-refractivity contribution in [2.45, 2.75) is 20.3 Å². The van der Waals surface area contributed by atoms with Gasteiger partial charge in [-0.1, -0.05) is 18.2 Å². The van der Waals surface area contributed by atoms with Gasteiger partial charge in [-0.2, -0.15) is 0 Å². The minimum Gasteiger partial charge on any atom is -0.423 e. The fourth-order valence-corrected chi connectivity index (χ4v) is 4.85. The van der Waals surface area contributed by atoms with Gasteiger partial charge in [-0.25, -0.2) is 4.79 Å². The van der Waals surface area contributed by atoms with Gasteiger partial charge in [-0.05, 0) is 79.6 Å². The van der Waals surface area contributed by atoms with E-state index < -0.39 is 5.97 Å². The molecule has 5 nitrogen and oxygen atoms in total. The van der Waals surface area contributed by atoms with E-state index >= 15 is 0 Å². The van der Waals surface area contributed by atoms with Gasteiger partial charge in [0.25, 0.3) is 0 Å². The number of anilines is 1. The molecule has 3 aliphatic rings. The van der Waals surface area contributed by atoms with E-state index in [4.69, 9.17) is 4.74 Å². The summed E-state index contributed by atoms with van der Waals surface area (Å²) in [4.78, 5) is 39.5. The number of hydrogen-bond acceptors (Lipinski definition) is 4. The van der Waals surface area contributed by atoms with Crippen LogP contribution in [0.5, 0.6) is 5.75 Å². The van der Waals surface area contributed by atoms with Crippen molar-refractivity contribution in [3.05, 3.63) is 71.3 Å². The van der Waals surface area contributed by atoms with Crippen molar-refractivity contribution in [3.63, 3.8) is 0 Å². The number of carbonyl (C=O) groups excluding carboxylic acids is 3. The summed E-state index contributed by atoms with van der Waals surface area (Å²) in [6.45, 7) is 3.96. The third-order valence-corrected chi connectivity index (χ3v) is 6.52. The number of imide groups is 1. The largest absolute Gasteiger partial charge is 0.423 e.